The Morgan fingerprint density at radius 3 is 3.00 bits per heavy atom. The number of carbonyl (C=O) groups is 2. The van der Waals surface area contributed by atoms with Crippen LogP contribution in [0.2, 0.25) is 0 Å². The lowest BCUT2D eigenvalue weighted by atomic mass is 10.1. The van der Waals surface area contributed by atoms with Gasteiger partial charge in [0.25, 0.3) is 0 Å². The Bertz CT molecular complexity index is 799. The van der Waals surface area contributed by atoms with E-state index in [0.717, 1.165) is 0 Å². The van der Waals surface area contributed by atoms with Crippen LogP contribution in [0.5, 0.6) is 5.75 Å². The van der Waals surface area contributed by atoms with Crippen LogP contribution in [0, 0.1) is 5.92 Å². The van der Waals surface area contributed by atoms with Crippen LogP contribution in [-0.4, -0.2) is 33.7 Å². The van der Waals surface area contributed by atoms with E-state index in [-0.39, 0.29) is 18.2 Å². The standard InChI is InChI=1S/C17H21N5O3/c1-10(2)7-14-19-17-20-15(23)9-13(22(17)21-14)16(24)18-11-5-4-6-12(8-11)25-3/h4-6,8,10,13H,7,9H2,1-3H3,(H,18,24)(H,19,20,21,23)/t13-/m0/s1. The second kappa shape index (κ2) is 6.92. The molecule has 0 saturated carbocycles. The Balaban J connectivity index is 1.83. The van der Waals surface area contributed by atoms with Crippen LogP contribution >= 0.6 is 0 Å². The number of hydrogen-bond acceptors (Lipinski definition) is 5. The van der Waals surface area contributed by atoms with Crippen molar-refractivity contribution in [3.63, 3.8) is 0 Å². The van der Waals surface area contributed by atoms with Crippen LogP contribution in [0.3, 0.4) is 0 Å². The van der Waals surface area contributed by atoms with Crippen molar-refractivity contribution in [3.8, 4) is 5.75 Å². The second-order valence-corrected chi connectivity index (χ2v) is 6.38. The fraction of sp³-hybridized carbons (Fsp3) is 0.412. The minimum Gasteiger partial charge on any atom is -0.497 e. The molecule has 25 heavy (non-hydrogen) atoms. The van der Waals surface area contributed by atoms with E-state index in [0.29, 0.717) is 35.5 Å². The van der Waals surface area contributed by atoms with E-state index in [1.54, 1.807) is 31.4 Å². The Morgan fingerprint density at radius 1 is 1.48 bits per heavy atom. The van der Waals surface area contributed by atoms with Gasteiger partial charge in [-0.2, -0.15) is 10.1 Å². The van der Waals surface area contributed by atoms with Gasteiger partial charge in [0.15, 0.2) is 5.82 Å². The van der Waals surface area contributed by atoms with Crippen LogP contribution in [0.25, 0.3) is 0 Å². The van der Waals surface area contributed by atoms with E-state index >= 15 is 0 Å². The molecule has 2 amide bonds. The minimum atomic E-state index is -0.733. The van der Waals surface area contributed by atoms with Crippen molar-refractivity contribution < 1.29 is 14.3 Å². The van der Waals surface area contributed by atoms with Crippen molar-refractivity contribution in [1.82, 2.24) is 14.8 Å². The molecule has 0 spiro atoms. The van der Waals surface area contributed by atoms with Gasteiger partial charge in [-0.3, -0.25) is 14.9 Å². The second-order valence-electron chi connectivity index (χ2n) is 6.38. The van der Waals surface area contributed by atoms with Crippen molar-refractivity contribution in [2.24, 2.45) is 5.92 Å². The summed E-state index contributed by atoms with van der Waals surface area (Å²) in [7, 11) is 1.56. The van der Waals surface area contributed by atoms with E-state index in [1.165, 1.54) is 4.68 Å². The number of fused-ring (bicyclic) bond motifs is 1. The molecule has 1 aromatic heterocycles. The Morgan fingerprint density at radius 2 is 2.28 bits per heavy atom. The third-order valence-corrected chi connectivity index (χ3v) is 3.83. The lowest BCUT2D eigenvalue weighted by molar-refractivity contribution is -0.125. The number of nitrogens with one attached hydrogen (secondary N) is 2. The molecule has 2 aromatic rings. The molecule has 132 valence electrons. The van der Waals surface area contributed by atoms with Gasteiger partial charge in [-0.25, -0.2) is 4.68 Å². The van der Waals surface area contributed by atoms with E-state index in [9.17, 15) is 9.59 Å². The molecule has 8 nitrogen and oxygen atoms in total. The molecule has 0 saturated heterocycles. The third-order valence-electron chi connectivity index (χ3n) is 3.83. The highest BCUT2D eigenvalue weighted by molar-refractivity contribution is 6.00. The molecule has 8 heteroatoms. The molecular weight excluding hydrogens is 322 g/mol. The first-order chi connectivity index (χ1) is 12.0. The zero-order valence-corrected chi connectivity index (χ0v) is 14.4. The summed E-state index contributed by atoms with van der Waals surface area (Å²) in [5, 5.41) is 9.89. The Kier molecular flexibility index (Phi) is 4.69. The van der Waals surface area contributed by atoms with Gasteiger partial charge in [0.1, 0.15) is 11.8 Å². The molecule has 2 heterocycles. The summed E-state index contributed by atoms with van der Waals surface area (Å²) >= 11 is 0. The quantitative estimate of drug-likeness (QED) is 0.865. The van der Waals surface area contributed by atoms with Crippen LogP contribution in [0.4, 0.5) is 11.6 Å². The van der Waals surface area contributed by atoms with Gasteiger partial charge >= 0.3 is 0 Å². The van der Waals surface area contributed by atoms with E-state index in [1.807, 2.05) is 0 Å². The summed E-state index contributed by atoms with van der Waals surface area (Å²) in [5.74, 6) is 1.39. The van der Waals surface area contributed by atoms with E-state index in [4.69, 9.17) is 4.74 Å². The van der Waals surface area contributed by atoms with Crippen molar-refractivity contribution in [2.45, 2.75) is 32.7 Å². The lowest BCUT2D eigenvalue weighted by Gasteiger charge is -2.22. The van der Waals surface area contributed by atoms with Gasteiger partial charge in [0.05, 0.1) is 13.5 Å². The van der Waals surface area contributed by atoms with E-state index < -0.39 is 6.04 Å². The molecule has 1 aromatic carbocycles. The maximum atomic E-state index is 12.7. The zero-order valence-electron chi connectivity index (χ0n) is 14.4. The monoisotopic (exact) mass is 343 g/mol. The number of methoxy groups -OCH3 is 1. The van der Waals surface area contributed by atoms with Gasteiger partial charge in [0.2, 0.25) is 17.8 Å². The smallest absolute Gasteiger partial charge is 0.249 e. The normalized spacial score (nSPS) is 16.3. The molecule has 0 fully saturated rings. The first kappa shape index (κ1) is 16.9. The number of nitrogens with zero attached hydrogens (tertiary/aromatic N) is 3. The molecule has 0 aliphatic carbocycles. The predicted octanol–water partition coefficient (Wildman–Crippen LogP) is 2.01. The molecule has 1 aliphatic rings. The van der Waals surface area contributed by atoms with Crippen LogP contribution in [0.15, 0.2) is 24.3 Å². The fourth-order valence-electron chi connectivity index (χ4n) is 2.69. The minimum absolute atomic E-state index is 0.0211. The summed E-state index contributed by atoms with van der Waals surface area (Å²) in [6.07, 6.45) is 0.702. The summed E-state index contributed by atoms with van der Waals surface area (Å²) < 4.78 is 6.65. The largest absolute Gasteiger partial charge is 0.497 e. The molecule has 0 radical (unpaired) electrons. The van der Waals surface area contributed by atoms with Crippen molar-refractivity contribution in [1.29, 1.82) is 0 Å². The summed E-state index contributed by atoms with van der Waals surface area (Å²) in [4.78, 5) is 28.9. The molecule has 2 N–H and O–H groups in total. The SMILES string of the molecule is COc1cccc(NC(=O)[C@@H]2CC(=O)Nc3nc(CC(C)C)nn32)c1. The Hall–Kier alpha value is -2.90. The maximum absolute atomic E-state index is 12.7. The number of amides is 2. The number of rotatable bonds is 5. The van der Waals surface area contributed by atoms with Crippen LogP contribution < -0.4 is 15.4 Å². The van der Waals surface area contributed by atoms with E-state index in [2.05, 4.69) is 34.6 Å². The Labute approximate surface area is 145 Å². The topological polar surface area (TPSA) is 98.1 Å². The predicted molar refractivity (Wildman–Crippen MR) is 92.5 cm³/mol. The van der Waals surface area contributed by atoms with Gasteiger partial charge in [-0.05, 0) is 18.1 Å². The van der Waals surface area contributed by atoms with Gasteiger partial charge < -0.3 is 10.1 Å². The number of anilines is 2. The zero-order chi connectivity index (χ0) is 18.0. The molecule has 1 aliphatic heterocycles. The molecule has 0 unspecified atom stereocenters. The summed E-state index contributed by atoms with van der Waals surface area (Å²) in [6.45, 7) is 4.12. The number of ether oxygens (including phenoxy) is 1. The van der Waals surface area contributed by atoms with Crippen molar-refractivity contribution in [3.05, 3.63) is 30.1 Å². The first-order valence-corrected chi connectivity index (χ1v) is 8.16. The summed E-state index contributed by atoms with van der Waals surface area (Å²) in [6, 6.07) is 6.31. The van der Waals surface area contributed by atoms with Crippen molar-refractivity contribution in [2.75, 3.05) is 17.7 Å². The highest BCUT2D eigenvalue weighted by atomic mass is 16.5. The average molecular weight is 343 g/mol. The highest BCUT2D eigenvalue weighted by Crippen LogP contribution is 2.25. The number of carbonyl (C=O) groups excluding carboxylic acids is 2. The number of benzene rings is 1. The van der Waals surface area contributed by atoms with Crippen LogP contribution in [-0.2, 0) is 16.0 Å². The van der Waals surface area contributed by atoms with Gasteiger partial charge in [-0.15, -0.1) is 0 Å². The van der Waals surface area contributed by atoms with Crippen LogP contribution in [0.1, 0.15) is 32.1 Å². The lowest BCUT2D eigenvalue weighted by Crippen LogP contribution is -2.36. The fourth-order valence-corrected chi connectivity index (χ4v) is 2.69. The summed E-state index contributed by atoms with van der Waals surface area (Å²) in [5.41, 5.74) is 0.597. The van der Waals surface area contributed by atoms with Gasteiger partial charge in [-0.1, -0.05) is 19.9 Å². The number of aromatic nitrogens is 3. The highest BCUT2D eigenvalue weighted by Gasteiger charge is 2.33. The molecule has 3 rings (SSSR count). The average Bonchev–Trinajstić information content (AvgIpc) is 2.95. The van der Waals surface area contributed by atoms with Gasteiger partial charge in [0, 0.05) is 18.2 Å². The number of hydrogen-bond donors (Lipinski definition) is 2. The van der Waals surface area contributed by atoms with Crippen molar-refractivity contribution >= 4 is 23.5 Å². The molecular formula is C17H21N5O3. The molecule has 0 bridgehead atoms. The third kappa shape index (κ3) is 3.78. The molecule has 1 atom stereocenters. The first-order valence-electron chi connectivity index (χ1n) is 8.16. The maximum Gasteiger partial charge on any atom is 0.249 e.